The van der Waals surface area contributed by atoms with Crippen LogP contribution in [0.4, 0.5) is 4.39 Å². The summed E-state index contributed by atoms with van der Waals surface area (Å²) >= 11 is 3.27. The number of hydrogen-bond donors (Lipinski definition) is 1. The van der Waals surface area contributed by atoms with Gasteiger partial charge in [-0.15, -0.1) is 0 Å². The number of aromatic nitrogens is 2. The van der Waals surface area contributed by atoms with Gasteiger partial charge in [-0.2, -0.15) is 5.10 Å². The Labute approximate surface area is 113 Å². The maximum Gasteiger partial charge on any atom is 0.130 e. The molecule has 5 heteroatoms. The summed E-state index contributed by atoms with van der Waals surface area (Å²) in [5, 5.41) is 14.5. The van der Waals surface area contributed by atoms with Crippen molar-refractivity contribution in [3.8, 4) is 0 Å². The highest BCUT2D eigenvalue weighted by atomic mass is 79.9. The number of nitrogens with zero attached hydrogens (tertiary/aromatic N) is 2. The van der Waals surface area contributed by atoms with Crippen molar-refractivity contribution in [3.05, 3.63) is 52.0 Å². The smallest absolute Gasteiger partial charge is 0.130 e. The Morgan fingerprint density at radius 3 is 2.67 bits per heavy atom. The van der Waals surface area contributed by atoms with E-state index >= 15 is 0 Å². The van der Waals surface area contributed by atoms with E-state index in [1.165, 1.54) is 6.07 Å². The first-order valence-corrected chi connectivity index (χ1v) is 6.47. The minimum absolute atomic E-state index is 0.107. The van der Waals surface area contributed by atoms with E-state index in [2.05, 4.69) is 21.0 Å². The highest BCUT2D eigenvalue weighted by Gasteiger charge is 2.22. The molecule has 18 heavy (non-hydrogen) atoms. The van der Waals surface area contributed by atoms with Crippen molar-refractivity contribution < 1.29 is 9.50 Å². The summed E-state index contributed by atoms with van der Waals surface area (Å²) in [4.78, 5) is 0. The zero-order valence-corrected chi connectivity index (χ0v) is 11.7. The van der Waals surface area contributed by atoms with Gasteiger partial charge < -0.3 is 5.11 Å². The molecule has 0 saturated heterocycles. The van der Waals surface area contributed by atoms with Crippen LogP contribution >= 0.6 is 15.9 Å². The van der Waals surface area contributed by atoms with E-state index in [4.69, 9.17) is 0 Å². The van der Waals surface area contributed by atoms with Gasteiger partial charge in [-0.1, -0.05) is 22.0 Å². The molecule has 0 aliphatic heterocycles. The standard InChI is InChI=1S/C13H14BrFN2O/c1-8(2)17-11(6-7-16-17)13(18)12-9(14)4-3-5-10(12)15/h3-8,13,18H,1-2H3. The van der Waals surface area contributed by atoms with Crippen LogP contribution in [0.2, 0.25) is 0 Å². The van der Waals surface area contributed by atoms with Crippen LogP contribution < -0.4 is 0 Å². The molecular weight excluding hydrogens is 299 g/mol. The summed E-state index contributed by atoms with van der Waals surface area (Å²) in [6.45, 7) is 3.92. The molecule has 2 rings (SSSR count). The molecule has 0 radical (unpaired) electrons. The number of benzene rings is 1. The van der Waals surface area contributed by atoms with Crippen LogP contribution in [0.5, 0.6) is 0 Å². The molecule has 2 aromatic rings. The van der Waals surface area contributed by atoms with E-state index in [9.17, 15) is 9.50 Å². The molecule has 1 atom stereocenters. The molecule has 0 fully saturated rings. The average molecular weight is 313 g/mol. The molecule has 1 unspecified atom stereocenters. The van der Waals surface area contributed by atoms with Gasteiger partial charge in [-0.3, -0.25) is 4.68 Å². The van der Waals surface area contributed by atoms with Crippen molar-refractivity contribution in [2.24, 2.45) is 0 Å². The highest BCUT2D eigenvalue weighted by molar-refractivity contribution is 9.10. The van der Waals surface area contributed by atoms with Gasteiger partial charge in [-0.05, 0) is 32.0 Å². The Bertz CT molecular complexity index is 533. The molecule has 0 spiro atoms. The van der Waals surface area contributed by atoms with E-state index in [0.717, 1.165) is 0 Å². The zero-order chi connectivity index (χ0) is 13.3. The minimum atomic E-state index is -1.04. The topological polar surface area (TPSA) is 38.0 Å². The molecule has 3 nitrogen and oxygen atoms in total. The van der Waals surface area contributed by atoms with Crippen LogP contribution in [-0.4, -0.2) is 14.9 Å². The third-order valence-electron chi connectivity index (χ3n) is 2.74. The largest absolute Gasteiger partial charge is 0.382 e. The predicted octanol–water partition coefficient (Wildman–Crippen LogP) is 3.45. The molecule has 1 N–H and O–H groups in total. The average Bonchev–Trinajstić information content (AvgIpc) is 2.77. The lowest BCUT2D eigenvalue weighted by atomic mass is 10.1. The molecule has 0 bridgehead atoms. The van der Waals surface area contributed by atoms with Gasteiger partial charge in [0.25, 0.3) is 0 Å². The maximum absolute atomic E-state index is 13.8. The zero-order valence-electron chi connectivity index (χ0n) is 10.1. The Kier molecular flexibility index (Phi) is 3.82. The molecule has 0 aliphatic carbocycles. The third kappa shape index (κ3) is 2.33. The highest BCUT2D eigenvalue weighted by Crippen LogP contribution is 2.31. The van der Waals surface area contributed by atoms with Crippen molar-refractivity contribution in [1.82, 2.24) is 9.78 Å². The first-order valence-electron chi connectivity index (χ1n) is 5.67. The van der Waals surface area contributed by atoms with E-state index in [0.29, 0.717) is 10.2 Å². The second kappa shape index (κ2) is 5.20. The summed E-state index contributed by atoms with van der Waals surface area (Å²) in [5.74, 6) is -0.437. The van der Waals surface area contributed by atoms with Crippen molar-refractivity contribution >= 4 is 15.9 Å². The first kappa shape index (κ1) is 13.2. The van der Waals surface area contributed by atoms with Gasteiger partial charge in [0.2, 0.25) is 0 Å². The molecular formula is C13H14BrFN2O. The second-order valence-electron chi connectivity index (χ2n) is 4.33. The van der Waals surface area contributed by atoms with Crippen LogP contribution in [0.25, 0.3) is 0 Å². The Hall–Kier alpha value is -1.20. The second-order valence-corrected chi connectivity index (χ2v) is 5.19. The number of rotatable bonds is 3. The quantitative estimate of drug-likeness (QED) is 0.942. The summed E-state index contributed by atoms with van der Waals surface area (Å²) in [6, 6.07) is 6.44. The lowest BCUT2D eigenvalue weighted by molar-refractivity contribution is 0.199. The van der Waals surface area contributed by atoms with Gasteiger partial charge in [0.15, 0.2) is 0 Å². The van der Waals surface area contributed by atoms with E-state index < -0.39 is 11.9 Å². The summed E-state index contributed by atoms with van der Waals surface area (Å²) < 4.78 is 16.0. The maximum atomic E-state index is 13.8. The summed E-state index contributed by atoms with van der Waals surface area (Å²) in [6.07, 6.45) is 0.568. The molecule has 0 amide bonds. The van der Waals surface area contributed by atoms with Gasteiger partial charge in [-0.25, -0.2) is 4.39 Å². The van der Waals surface area contributed by atoms with Crippen LogP contribution in [0.1, 0.15) is 37.3 Å². The predicted molar refractivity (Wildman–Crippen MR) is 70.8 cm³/mol. The van der Waals surface area contributed by atoms with Crippen LogP contribution in [0, 0.1) is 5.82 Å². The lowest BCUT2D eigenvalue weighted by Crippen LogP contribution is -2.13. The lowest BCUT2D eigenvalue weighted by Gasteiger charge is -2.17. The van der Waals surface area contributed by atoms with Gasteiger partial charge in [0.1, 0.15) is 11.9 Å². The fourth-order valence-electron chi connectivity index (χ4n) is 1.89. The number of halogens is 2. The normalized spacial score (nSPS) is 13.0. The van der Waals surface area contributed by atoms with Crippen LogP contribution in [0.15, 0.2) is 34.9 Å². The van der Waals surface area contributed by atoms with Crippen LogP contribution in [0.3, 0.4) is 0 Å². The van der Waals surface area contributed by atoms with Crippen molar-refractivity contribution in [3.63, 3.8) is 0 Å². The van der Waals surface area contributed by atoms with Crippen molar-refractivity contribution in [1.29, 1.82) is 0 Å². The molecule has 1 aromatic heterocycles. The first-order chi connectivity index (χ1) is 8.52. The fraction of sp³-hybridized carbons (Fsp3) is 0.308. The van der Waals surface area contributed by atoms with Crippen LogP contribution in [-0.2, 0) is 0 Å². The van der Waals surface area contributed by atoms with Crippen molar-refractivity contribution in [2.45, 2.75) is 26.0 Å². The third-order valence-corrected chi connectivity index (χ3v) is 3.43. The van der Waals surface area contributed by atoms with Crippen molar-refractivity contribution in [2.75, 3.05) is 0 Å². The molecule has 0 saturated carbocycles. The molecule has 1 heterocycles. The minimum Gasteiger partial charge on any atom is -0.382 e. The number of hydrogen-bond acceptors (Lipinski definition) is 2. The summed E-state index contributed by atoms with van der Waals surface area (Å²) in [5.41, 5.74) is 0.815. The Balaban J connectivity index is 2.48. The van der Waals surface area contributed by atoms with Gasteiger partial charge in [0.05, 0.1) is 5.69 Å². The monoisotopic (exact) mass is 312 g/mol. The van der Waals surface area contributed by atoms with E-state index in [1.807, 2.05) is 13.8 Å². The SMILES string of the molecule is CC(C)n1nccc1C(O)c1c(F)cccc1Br. The fourth-order valence-corrected chi connectivity index (χ4v) is 2.45. The van der Waals surface area contributed by atoms with E-state index in [1.54, 1.807) is 29.1 Å². The van der Waals surface area contributed by atoms with Gasteiger partial charge >= 0.3 is 0 Å². The molecule has 0 aliphatic rings. The molecule has 96 valence electrons. The molecule has 1 aromatic carbocycles. The Morgan fingerprint density at radius 1 is 1.33 bits per heavy atom. The summed E-state index contributed by atoms with van der Waals surface area (Å²) in [7, 11) is 0. The van der Waals surface area contributed by atoms with E-state index in [-0.39, 0.29) is 11.6 Å². The number of aliphatic hydroxyl groups is 1. The number of aliphatic hydroxyl groups excluding tert-OH is 1. The Morgan fingerprint density at radius 2 is 2.06 bits per heavy atom. The van der Waals surface area contributed by atoms with Gasteiger partial charge in [0, 0.05) is 22.3 Å².